The van der Waals surface area contributed by atoms with Gasteiger partial charge in [-0.1, -0.05) is 41.9 Å². The molecule has 1 aliphatic rings. The molecule has 0 atom stereocenters. The number of nitrogens with one attached hydrogen (secondary N) is 1. The first-order chi connectivity index (χ1) is 14.4. The van der Waals surface area contributed by atoms with Crippen molar-refractivity contribution in [1.82, 2.24) is 0 Å². The van der Waals surface area contributed by atoms with Gasteiger partial charge in [-0.3, -0.25) is 9.59 Å². The molecule has 0 saturated heterocycles. The number of carbonyl (C=O) groups excluding carboxylic acids is 2. The van der Waals surface area contributed by atoms with Crippen LogP contribution in [0.15, 0.2) is 54.6 Å². The van der Waals surface area contributed by atoms with Crippen molar-refractivity contribution < 1.29 is 19.1 Å². The highest BCUT2D eigenvalue weighted by Crippen LogP contribution is 2.38. The Morgan fingerprint density at radius 3 is 2.23 bits per heavy atom. The summed E-state index contributed by atoms with van der Waals surface area (Å²) in [7, 11) is 0. The van der Waals surface area contributed by atoms with Gasteiger partial charge < -0.3 is 14.8 Å². The fourth-order valence-electron chi connectivity index (χ4n) is 3.27. The predicted molar refractivity (Wildman–Crippen MR) is 116 cm³/mol. The lowest BCUT2D eigenvalue weighted by molar-refractivity contribution is 0.0996. The zero-order valence-corrected chi connectivity index (χ0v) is 17.4. The van der Waals surface area contributed by atoms with Crippen LogP contribution in [-0.2, 0) is 0 Å². The molecule has 4 rings (SSSR count). The van der Waals surface area contributed by atoms with Crippen LogP contribution in [0.1, 0.15) is 37.4 Å². The van der Waals surface area contributed by atoms with E-state index in [1.54, 1.807) is 42.5 Å². The Balaban J connectivity index is 1.64. The molecule has 0 fully saturated rings. The third-order valence-electron chi connectivity index (χ3n) is 5.07. The van der Waals surface area contributed by atoms with E-state index < -0.39 is 5.91 Å². The van der Waals surface area contributed by atoms with Gasteiger partial charge >= 0.3 is 0 Å². The second kappa shape index (κ2) is 8.20. The number of hydrogen-bond donors (Lipinski definition) is 1. The maximum Gasteiger partial charge on any atom is 0.256 e. The van der Waals surface area contributed by atoms with Gasteiger partial charge in [0.1, 0.15) is 13.2 Å². The smallest absolute Gasteiger partial charge is 0.256 e. The van der Waals surface area contributed by atoms with E-state index in [0.29, 0.717) is 46.5 Å². The molecule has 6 heteroatoms. The number of ketones is 1. The van der Waals surface area contributed by atoms with Crippen molar-refractivity contribution in [3.8, 4) is 11.5 Å². The van der Waals surface area contributed by atoms with Gasteiger partial charge in [0, 0.05) is 23.3 Å². The molecule has 0 spiro atoms. The molecule has 5 nitrogen and oxygen atoms in total. The number of benzene rings is 3. The van der Waals surface area contributed by atoms with Crippen LogP contribution in [0.2, 0.25) is 5.02 Å². The zero-order valence-electron chi connectivity index (χ0n) is 16.6. The van der Waals surface area contributed by atoms with Gasteiger partial charge in [0.05, 0.1) is 16.3 Å². The van der Waals surface area contributed by atoms with Crippen molar-refractivity contribution in [3.63, 3.8) is 0 Å². The van der Waals surface area contributed by atoms with Crippen LogP contribution < -0.4 is 14.8 Å². The van der Waals surface area contributed by atoms with Gasteiger partial charge in [-0.2, -0.15) is 0 Å². The molecule has 0 unspecified atom stereocenters. The fourth-order valence-corrected chi connectivity index (χ4v) is 3.47. The van der Waals surface area contributed by atoms with E-state index in [2.05, 4.69) is 5.32 Å². The topological polar surface area (TPSA) is 64.6 Å². The Labute approximate surface area is 179 Å². The van der Waals surface area contributed by atoms with Gasteiger partial charge in [0.15, 0.2) is 17.3 Å². The summed E-state index contributed by atoms with van der Waals surface area (Å²) in [6.45, 7) is 4.81. The lowest BCUT2D eigenvalue weighted by Crippen LogP contribution is -2.18. The van der Waals surface area contributed by atoms with E-state index in [4.69, 9.17) is 21.1 Å². The van der Waals surface area contributed by atoms with Crippen LogP contribution in [0.25, 0.3) is 0 Å². The fraction of sp³-hybridized carbons (Fsp3) is 0.167. The Morgan fingerprint density at radius 2 is 1.53 bits per heavy atom. The minimum atomic E-state index is -0.429. The van der Waals surface area contributed by atoms with E-state index >= 15 is 0 Å². The number of halogens is 1. The molecule has 0 aliphatic carbocycles. The molecule has 1 amide bonds. The molecular formula is C24H20ClNO4. The molecule has 3 aromatic carbocycles. The number of amides is 1. The van der Waals surface area contributed by atoms with Crippen molar-refractivity contribution in [1.29, 1.82) is 0 Å². The van der Waals surface area contributed by atoms with Crippen LogP contribution in [0.3, 0.4) is 0 Å². The first-order valence-corrected chi connectivity index (χ1v) is 9.93. The number of hydrogen-bond acceptors (Lipinski definition) is 4. The summed E-state index contributed by atoms with van der Waals surface area (Å²) in [6, 6.07) is 15.5. The number of aryl methyl sites for hydroxylation is 2. The normalized spacial score (nSPS) is 12.4. The molecule has 3 aromatic rings. The highest BCUT2D eigenvalue weighted by Gasteiger charge is 2.21. The van der Waals surface area contributed by atoms with Crippen molar-refractivity contribution in [2.24, 2.45) is 0 Å². The number of anilines is 1. The summed E-state index contributed by atoms with van der Waals surface area (Å²) >= 11 is 6.31. The maximum absolute atomic E-state index is 13.1. The number of fused-ring (bicyclic) bond motifs is 1. The van der Waals surface area contributed by atoms with Gasteiger partial charge in [-0.05, 0) is 37.1 Å². The van der Waals surface area contributed by atoms with Crippen molar-refractivity contribution in [3.05, 3.63) is 87.4 Å². The highest BCUT2D eigenvalue weighted by atomic mass is 35.5. The molecule has 1 aliphatic heterocycles. The van der Waals surface area contributed by atoms with E-state index in [1.165, 1.54) is 0 Å². The Hall–Kier alpha value is -3.31. The number of rotatable bonds is 4. The van der Waals surface area contributed by atoms with Crippen LogP contribution in [-0.4, -0.2) is 24.9 Å². The SMILES string of the molecule is Cc1ccc(C(=O)c2ccccc2C(=O)Nc2cc3c(cc2Cl)OCCO3)cc1C. The lowest BCUT2D eigenvalue weighted by atomic mass is 9.95. The predicted octanol–water partition coefficient (Wildman–Crippen LogP) is 5.21. The van der Waals surface area contributed by atoms with Crippen molar-refractivity contribution in [2.75, 3.05) is 18.5 Å². The summed E-state index contributed by atoms with van der Waals surface area (Å²) < 4.78 is 11.1. The van der Waals surface area contributed by atoms with E-state index in [9.17, 15) is 9.59 Å². The molecule has 1 heterocycles. The molecule has 0 bridgehead atoms. The van der Waals surface area contributed by atoms with Crippen LogP contribution in [0.5, 0.6) is 11.5 Å². The Bertz CT molecular complexity index is 1160. The molecule has 0 radical (unpaired) electrons. The highest BCUT2D eigenvalue weighted by molar-refractivity contribution is 6.34. The number of carbonyl (C=O) groups is 2. The standard InChI is InChI=1S/C24H20ClNO4/c1-14-7-8-16(11-15(14)2)23(27)17-5-3-4-6-18(17)24(28)26-20-13-22-21(12-19(20)25)29-9-10-30-22/h3-8,11-13H,9-10H2,1-2H3,(H,26,28). The second-order valence-electron chi connectivity index (χ2n) is 7.10. The molecule has 0 aromatic heterocycles. The minimum Gasteiger partial charge on any atom is -0.486 e. The summed E-state index contributed by atoms with van der Waals surface area (Å²) in [5.41, 5.74) is 3.64. The average Bonchev–Trinajstić information content (AvgIpc) is 2.75. The quantitative estimate of drug-likeness (QED) is 0.587. The van der Waals surface area contributed by atoms with Gasteiger partial charge in [-0.15, -0.1) is 0 Å². The van der Waals surface area contributed by atoms with Gasteiger partial charge in [0.25, 0.3) is 5.91 Å². The third-order valence-corrected chi connectivity index (χ3v) is 5.38. The van der Waals surface area contributed by atoms with Gasteiger partial charge in [-0.25, -0.2) is 0 Å². The second-order valence-corrected chi connectivity index (χ2v) is 7.51. The monoisotopic (exact) mass is 421 g/mol. The summed E-state index contributed by atoms with van der Waals surface area (Å²) in [4.78, 5) is 26.1. The van der Waals surface area contributed by atoms with E-state index in [1.807, 2.05) is 26.0 Å². The van der Waals surface area contributed by atoms with E-state index in [0.717, 1.165) is 11.1 Å². The summed E-state index contributed by atoms with van der Waals surface area (Å²) in [5.74, 6) is 0.411. The largest absolute Gasteiger partial charge is 0.486 e. The molecule has 152 valence electrons. The first-order valence-electron chi connectivity index (χ1n) is 9.55. The van der Waals surface area contributed by atoms with Crippen molar-refractivity contribution >= 4 is 29.0 Å². The molecule has 30 heavy (non-hydrogen) atoms. The Morgan fingerprint density at radius 1 is 0.867 bits per heavy atom. The maximum atomic E-state index is 13.1. The molecule has 0 saturated carbocycles. The van der Waals surface area contributed by atoms with Crippen LogP contribution >= 0.6 is 11.6 Å². The average molecular weight is 422 g/mol. The van der Waals surface area contributed by atoms with E-state index in [-0.39, 0.29) is 11.3 Å². The Kier molecular flexibility index (Phi) is 5.46. The van der Waals surface area contributed by atoms with Gasteiger partial charge in [0.2, 0.25) is 0 Å². The molecular weight excluding hydrogens is 402 g/mol. The third kappa shape index (κ3) is 3.89. The summed E-state index contributed by atoms with van der Waals surface area (Å²) in [5, 5.41) is 3.11. The first kappa shape index (κ1) is 20.0. The van der Waals surface area contributed by atoms with Crippen molar-refractivity contribution in [2.45, 2.75) is 13.8 Å². The van der Waals surface area contributed by atoms with Crippen LogP contribution in [0.4, 0.5) is 5.69 Å². The minimum absolute atomic E-state index is 0.211. The number of ether oxygens (including phenoxy) is 2. The molecule has 1 N–H and O–H groups in total. The summed E-state index contributed by atoms with van der Waals surface area (Å²) in [6.07, 6.45) is 0. The zero-order chi connectivity index (χ0) is 21.3. The lowest BCUT2D eigenvalue weighted by Gasteiger charge is -2.20. The van der Waals surface area contributed by atoms with Crippen LogP contribution in [0, 0.1) is 13.8 Å².